The average Bonchev–Trinajstić information content (AvgIpc) is 2.73. The number of rotatable bonds is 4. The third kappa shape index (κ3) is 2.83. The van der Waals surface area contributed by atoms with Crippen molar-refractivity contribution in [2.24, 2.45) is 0 Å². The minimum absolute atomic E-state index is 0.0662. The molecule has 1 aromatic carbocycles. The molecule has 0 aliphatic heterocycles. The summed E-state index contributed by atoms with van der Waals surface area (Å²) in [6.07, 6.45) is 1.49. The van der Waals surface area contributed by atoms with Gasteiger partial charge in [0.05, 0.1) is 11.2 Å². The SMILES string of the molecule is Cc1occc1CN(C)S(=O)(=O)c1cc(N)cc(F)c1. The number of nitrogen functional groups attached to an aromatic ring is 1. The maximum atomic E-state index is 13.3. The first kappa shape index (κ1) is 14.5. The Morgan fingerprint density at radius 3 is 2.60 bits per heavy atom. The van der Waals surface area contributed by atoms with Gasteiger partial charge in [0.25, 0.3) is 0 Å². The van der Waals surface area contributed by atoms with E-state index in [1.807, 2.05) is 0 Å². The van der Waals surface area contributed by atoms with Crippen LogP contribution in [0.1, 0.15) is 11.3 Å². The molecule has 1 aromatic heterocycles. The van der Waals surface area contributed by atoms with E-state index in [-0.39, 0.29) is 17.1 Å². The summed E-state index contributed by atoms with van der Waals surface area (Å²) >= 11 is 0. The Kier molecular flexibility index (Phi) is 3.82. The molecule has 0 unspecified atom stereocenters. The van der Waals surface area contributed by atoms with Crippen LogP contribution in [0.2, 0.25) is 0 Å². The smallest absolute Gasteiger partial charge is 0.243 e. The number of hydrogen-bond acceptors (Lipinski definition) is 4. The van der Waals surface area contributed by atoms with Crippen molar-refractivity contribution in [3.8, 4) is 0 Å². The fraction of sp³-hybridized carbons (Fsp3) is 0.231. The molecule has 0 spiro atoms. The second kappa shape index (κ2) is 5.26. The Morgan fingerprint density at radius 2 is 2.05 bits per heavy atom. The molecular formula is C13H15FN2O3S. The number of anilines is 1. The number of furan rings is 1. The molecular weight excluding hydrogens is 283 g/mol. The maximum Gasteiger partial charge on any atom is 0.243 e. The van der Waals surface area contributed by atoms with Gasteiger partial charge >= 0.3 is 0 Å². The predicted molar refractivity (Wildman–Crippen MR) is 72.9 cm³/mol. The van der Waals surface area contributed by atoms with Gasteiger partial charge in [0.1, 0.15) is 11.6 Å². The van der Waals surface area contributed by atoms with Crippen LogP contribution < -0.4 is 5.73 Å². The quantitative estimate of drug-likeness (QED) is 0.877. The molecule has 0 aliphatic carbocycles. The lowest BCUT2D eigenvalue weighted by atomic mass is 10.3. The van der Waals surface area contributed by atoms with E-state index in [9.17, 15) is 12.8 Å². The highest BCUT2D eigenvalue weighted by atomic mass is 32.2. The number of nitrogens with zero attached hydrogens (tertiary/aromatic N) is 1. The van der Waals surface area contributed by atoms with Gasteiger partial charge in [-0.1, -0.05) is 0 Å². The van der Waals surface area contributed by atoms with E-state index in [1.165, 1.54) is 19.4 Å². The lowest BCUT2D eigenvalue weighted by molar-refractivity contribution is 0.458. The summed E-state index contributed by atoms with van der Waals surface area (Å²) in [5.41, 5.74) is 6.30. The van der Waals surface area contributed by atoms with Crippen molar-refractivity contribution in [3.63, 3.8) is 0 Å². The topological polar surface area (TPSA) is 76.5 Å². The molecule has 0 saturated heterocycles. The highest BCUT2D eigenvalue weighted by molar-refractivity contribution is 7.89. The molecule has 20 heavy (non-hydrogen) atoms. The summed E-state index contributed by atoms with van der Waals surface area (Å²) in [6, 6.07) is 4.95. The Balaban J connectivity index is 2.32. The van der Waals surface area contributed by atoms with Crippen LogP contribution in [0.25, 0.3) is 0 Å². The monoisotopic (exact) mass is 298 g/mol. The Morgan fingerprint density at radius 1 is 1.35 bits per heavy atom. The van der Waals surface area contributed by atoms with Gasteiger partial charge in [-0.05, 0) is 31.2 Å². The van der Waals surface area contributed by atoms with Crippen LogP contribution in [0.5, 0.6) is 0 Å². The largest absolute Gasteiger partial charge is 0.469 e. The number of aryl methyl sites for hydroxylation is 1. The van der Waals surface area contributed by atoms with Gasteiger partial charge in [0.2, 0.25) is 10.0 Å². The molecule has 108 valence electrons. The molecule has 2 rings (SSSR count). The highest BCUT2D eigenvalue weighted by Crippen LogP contribution is 2.21. The van der Waals surface area contributed by atoms with Gasteiger partial charge in [0.15, 0.2) is 0 Å². The molecule has 0 atom stereocenters. The molecule has 0 aliphatic rings. The van der Waals surface area contributed by atoms with Crippen LogP contribution in [0, 0.1) is 12.7 Å². The van der Waals surface area contributed by atoms with Crippen LogP contribution >= 0.6 is 0 Å². The van der Waals surface area contributed by atoms with Crippen molar-refractivity contribution < 1.29 is 17.2 Å². The Hall–Kier alpha value is -1.86. The van der Waals surface area contributed by atoms with E-state index < -0.39 is 15.8 Å². The highest BCUT2D eigenvalue weighted by Gasteiger charge is 2.23. The van der Waals surface area contributed by atoms with E-state index in [1.54, 1.807) is 13.0 Å². The minimum Gasteiger partial charge on any atom is -0.469 e. The van der Waals surface area contributed by atoms with E-state index in [4.69, 9.17) is 10.2 Å². The molecule has 7 heteroatoms. The zero-order chi connectivity index (χ0) is 14.9. The first-order valence-electron chi connectivity index (χ1n) is 5.86. The lowest BCUT2D eigenvalue weighted by Crippen LogP contribution is -2.26. The molecule has 0 radical (unpaired) electrons. The van der Waals surface area contributed by atoms with Crippen LogP contribution in [0.3, 0.4) is 0 Å². The summed E-state index contributed by atoms with van der Waals surface area (Å²) in [5.74, 6) is -0.0396. The number of halogens is 1. The second-order valence-corrected chi connectivity index (χ2v) is 6.53. The van der Waals surface area contributed by atoms with Crippen LogP contribution in [-0.4, -0.2) is 19.8 Å². The van der Waals surface area contributed by atoms with Gasteiger partial charge in [-0.2, -0.15) is 4.31 Å². The van der Waals surface area contributed by atoms with E-state index >= 15 is 0 Å². The van der Waals surface area contributed by atoms with Gasteiger partial charge in [-0.3, -0.25) is 0 Å². The third-order valence-electron chi connectivity index (χ3n) is 2.96. The summed E-state index contributed by atoms with van der Waals surface area (Å²) in [4.78, 5) is -0.168. The van der Waals surface area contributed by atoms with Crippen molar-refractivity contribution in [1.82, 2.24) is 4.31 Å². The normalized spacial score (nSPS) is 12.0. The standard InChI is InChI=1S/C13H15FN2O3S/c1-9-10(3-4-19-9)8-16(2)20(17,18)13-6-11(14)5-12(15)7-13/h3-7H,8,15H2,1-2H3. The number of sulfonamides is 1. The van der Waals surface area contributed by atoms with Crippen molar-refractivity contribution in [2.45, 2.75) is 18.4 Å². The summed E-state index contributed by atoms with van der Waals surface area (Å²) in [5, 5.41) is 0. The van der Waals surface area contributed by atoms with Gasteiger partial charge in [-0.25, -0.2) is 12.8 Å². The Bertz CT molecular complexity index is 705. The fourth-order valence-corrected chi connectivity index (χ4v) is 3.03. The molecule has 1 heterocycles. The number of nitrogens with two attached hydrogens (primary N) is 1. The van der Waals surface area contributed by atoms with Gasteiger partial charge in [0, 0.05) is 24.8 Å². The predicted octanol–water partition coefficient (Wildman–Crippen LogP) is 2.13. The van der Waals surface area contributed by atoms with Crippen molar-refractivity contribution >= 4 is 15.7 Å². The van der Waals surface area contributed by atoms with Gasteiger partial charge < -0.3 is 10.2 Å². The Labute approximate surface area is 116 Å². The van der Waals surface area contributed by atoms with Crippen LogP contribution in [-0.2, 0) is 16.6 Å². The zero-order valence-corrected chi connectivity index (χ0v) is 11.9. The second-order valence-electron chi connectivity index (χ2n) is 4.48. The number of benzene rings is 1. The number of hydrogen-bond donors (Lipinski definition) is 1. The molecule has 5 nitrogen and oxygen atoms in total. The molecule has 0 bridgehead atoms. The lowest BCUT2D eigenvalue weighted by Gasteiger charge is -2.17. The molecule has 0 saturated carbocycles. The van der Waals surface area contributed by atoms with Crippen LogP contribution in [0.4, 0.5) is 10.1 Å². The third-order valence-corrected chi connectivity index (χ3v) is 4.74. The summed E-state index contributed by atoms with van der Waals surface area (Å²) in [7, 11) is -2.39. The molecule has 2 aromatic rings. The zero-order valence-electron chi connectivity index (χ0n) is 11.1. The maximum absolute atomic E-state index is 13.3. The van der Waals surface area contributed by atoms with Crippen molar-refractivity contribution in [2.75, 3.05) is 12.8 Å². The minimum atomic E-state index is -3.81. The van der Waals surface area contributed by atoms with E-state index in [0.29, 0.717) is 5.76 Å². The first-order valence-corrected chi connectivity index (χ1v) is 7.30. The average molecular weight is 298 g/mol. The van der Waals surface area contributed by atoms with Crippen molar-refractivity contribution in [3.05, 3.63) is 47.7 Å². The fourth-order valence-electron chi connectivity index (χ4n) is 1.81. The first-order chi connectivity index (χ1) is 9.30. The van der Waals surface area contributed by atoms with E-state index in [0.717, 1.165) is 22.0 Å². The molecule has 2 N–H and O–H groups in total. The van der Waals surface area contributed by atoms with Crippen LogP contribution in [0.15, 0.2) is 39.8 Å². The van der Waals surface area contributed by atoms with Crippen molar-refractivity contribution in [1.29, 1.82) is 0 Å². The summed E-state index contributed by atoms with van der Waals surface area (Å²) in [6.45, 7) is 1.89. The molecule has 0 amide bonds. The molecule has 0 fully saturated rings. The summed E-state index contributed by atoms with van der Waals surface area (Å²) < 4.78 is 44.2. The van der Waals surface area contributed by atoms with Gasteiger partial charge in [-0.15, -0.1) is 0 Å². The van der Waals surface area contributed by atoms with E-state index in [2.05, 4.69) is 0 Å².